The van der Waals surface area contributed by atoms with E-state index in [0.29, 0.717) is 30.3 Å². The van der Waals surface area contributed by atoms with E-state index in [1.807, 2.05) is 74.4 Å². The topological polar surface area (TPSA) is 95.1 Å². The number of amides is 1. The van der Waals surface area contributed by atoms with Crippen molar-refractivity contribution in [2.24, 2.45) is 0 Å². The van der Waals surface area contributed by atoms with Gasteiger partial charge in [0.15, 0.2) is 5.82 Å². The number of aromatic nitrogens is 3. The third kappa shape index (κ3) is 5.90. The third-order valence-corrected chi connectivity index (χ3v) is 4.20. The minimum Gasteiger partial charge on any atom is -0.378 e. The molecule has 0 fully saturated rings. The average molecular weight is 391 g/mol. The Hall–Kier alpha value is -3.68. The molecule has 3 rings (SSSR count). The van der Waals surface area contributed by atoms with Crippen LogP contribution in [0.15, 0.2) is 54.7 Å². The molecule has 8 nitrogen and oxygen atoms in total. The van der Waals surface area contributed by atoms with E-state index in [4.69, 9.17) is 0 Å². The molecule has 3 aromatic rings. The molecule has 0 saturated heterocycles. The molecular weight excluding hydrogens is 366 g/mol. The van der Waals surface area contributed by atoms with Crippen LogP contribution in [0.5, 0.6) is 0 Å². The molecule has 0 spiro atoms. The zero-order chi connectivity index (χ0) is 20.6. The minimum atomic E-state index is -0.103. The van der Waals surface area contributed by atoms with Gasteiger partial charge in [0.1, 0.15) is 11.6 Å². The quantitative estimate of drug-likeness (QED) is 0.508. The van der Waals surface area contributed by atoms with Gasteiger partial charge in [-0.25, -0.2) is 4.98 Å². The molecule has 150 valence electrons. The number of hydrogen-bond acceptors (Lipinski definition) is 7. The highest BCUT2D eigenvalue weighted by Gasteiger charge is 2.05. The molecule has 2 aromatic heterocycles. The number of pyridine rings is 1. The van der Waals surface area contributed by atoms with E-state index in [2.05, 4.69) is 31.1 Å². The summed E-state index contributed by atoms with van der Waals surface area (Å²) < 4.78 is 0. The Morgan fingerprint density at radius 1 is 0.931 bits per heavy atom. The van der Waals surface area contributed by atoms with Crippen molar-refractivity contribution in [2.75, 3.05) is 42.7 Å². The maximum Gasteiger partial charge on any atom is 0.251 e. The van der Waals surface area contributed by atoms with Crippen LogP contribution in [0.4, 0.5) is 23.1 Å². The van der Waals surface area contributed by atoms with Gasteiger partial charge in [-0.2, -0.15) is 0 Å². The fourth-order valence-electron chi connectivity index (χ4n) is 2.61. The Labute approximate surface area is 170 Å². The molecule has 0 unspecified atom stereocenters. The first kappa shape index (κ1) is 20.1. The van der Waals surface area contributed by atoms with Crippen molar-refractivity contribution in [2.45, 2.75) is 6.92 Å². The summed E-state index contributed by atoms with van der Waals surface area (Å²) in [5, 5.41) is 17.4. The lowest BCUT2D eigenvalue weighted by atomic mass is 10.2. The van der Waals surface area contributed by atoms with Gasteiger partial charge in [-0.15, -0.1) is 10.2 Å². The maximum absolute atomic E-state index is 12.2. The largest absolute Gasteiger partial charge is 0.378 e. The van der Waals surface area contributed by atoms with Gasteiger partial charge >= 0.3 is 0 Å². The summed E-state index contributed by atoms with van der Waals surface area (Å²) in [7, 11) is 3.93. The highest BCUT2D eigenvalue weighted by atomic mass is 16.1. The number of benzene rings is 1. The fraction of sp³-hybridized carbons (Fsp3) is 0.238. The molecule has 0 radical (unpaired) electrons. The van der Waals surface area contributed by atoms with Gasteiger partial charge in [-0.3, -0.25) is 4.79 Å². The van der Waals surface area contributed by atoms with E-state index < -0.39 is 0 Å². The molecule has 8 heteroatoms. The van der Waals surface area contributed by atoms with E-state index in [1.165, 1.54) is 0 Å². The zero-order valence-corrected chi connectivity index (χ0v) is 16.8. The van der Waals surface area contributed by atoms with E-state index >= 15 is 0 Å². The van der Waals surface area contributed by atoms with Gasteiger partial charge in [-0.1, -0.05) is 0 Å². The summed E-state index contributed by atoms with van der Waals surface area (Å²) in [5.41, 5.74) is 2.80. The monoisotopic (exact) mass is 391 g/mol. The second-order valence-corrected chi connectivity index (χ2v) is 6.77. The van der Waals surface area contributed by atoms with Crippen LogP contribution in [0.1, 0.15) is 15.9 Å². The number of aryl methyl sites for hydroxylation is 1. The normalized spacial score (nSPS) is 10.3. The van der Waals surface area contributed by atoms with Crippen LogP contribution in [0.2, 0.25) is 0 Å². The number of nitrogens with one attached hydrogen (secondary N) is 3. The predicted octanol–water partition coefficient (Wildman–Crippen LogP) is 2.83. The Morgan fingerprint density at radius 2 is 1.66 bits per heavy atom. The van der Waals surface area contributed by atoms with E-state index in [1.54, 1.807) is 6.20 Å². The standard InChI is InChI=1S/C21H25N7O/c1-15-10-11-22-20(14-15)25-19-9-8-18(26-27-19)23-12-13-24-21(29)16-4-6-17(7-5-16)28(2)3/h4-11,14H,12-13H2,1-3H3,(H,23,26)(H,24,29)(H,22,25,27). The molecule has 0 aliphatic rings. The molecule has 3 N–H and O–H groups in total. The van der Waals surface area contributed by atoms with Crippen LogP contribution >= 0.6 is 0 Å². The third-order valence-electron chi connectivity index (χ3n) is 4.20. The lowest BCUT2D eigenvalue weighted by Gasteiger charge is -2.12. The first-order chi connectivity index (χ1) is 14.0. The highest BCUT2D eigenvalue weighted by molar-refractivity contribution is 5.94. The van der Waals surface area contributed by atoms with Crippen LogP contribution in [-0.4, -0.2) is 48.3 Å². The van der Waals surface area contributed by atoms with Gasteiger partial charge < -0.3 is 20.9 Å². The fourth-order valence-corrected chi connectivity index (χ4v) is 2.61. The Balaban J connectivity index is 1.42. The van der Waals surface area contributed by atoms with Gasteiger partial charge in [0, 0.05) is 44.6 Å². The Morgan fingerprint density at radius 3 is 2.31 bits per heavy atom. The summed E-state index contributed by atoms with van der Waals surface area (Å²) in [4.78, 5) is 18.4. The van der Waals surface area contributed by atoms with Crippen LogP contribution in [0.25, 0.3) is 0 Å². The number of rotatable bonds is 8. The smallest absolute Gasteiger partial charge is 0.251 e. The number of hydrogen-bond donors (Lipinski definition) is 3. The van der Waals surface area contributed by atoms with Crippen molar-refractivity contribution >= 4 is 29.0 Å². The molecule has 1 aromatic carbocycles. The summed E-state index contributed by atoms with van der Waals surface area (Å²) in [6.45, 7) is 3.02. The highest BCUT2D eigenvalue weighted by Crippen LogP contribution is 2.14. The SMILES string of the molecule is Cc1ccnc(Nc2ccc(NCCNC(=O)c3ccc(N(C)C)cc3)nn2)c1. The van der Waals surface area contributed by atoms with Crippen LogP contribution in [0, 0.1) is 6.92 Å². The molecule has 0 bridgehead atoms. The molecule has 2 heterocycles. The molecular formula is C21H25N7O. The number of carbonyl (C=O) groups is 1. The summed E-state index contributed by atoms with van der Waals surface area (Å²) in [6.07, 6.45) is 1.74. The first-order valence-corrected chi connectivity index (χ1v) is 9.34. The van der Waals surface area contributed by atoms with Gasteiger partial charge in [0.2, 0.25) is 0 Å². The van der Waals surface area contributed by atoms with Crippen molar-refractivity contribution in [3.05, 3.63) is 65.9 Å². The van der Waals surface area contributed by atoms with Crippen molar-refractivity contribution in [1.29, 1.82) is 0 Å². The average Bonchev–Trinajstić information content (AvgIpc) is 2.72. The van der Waals surface area contributed by atoms with Gasteiger partial charge in [-0.05, 0) is 61.0 Å². The Kier molecular flexibility index (Phi) is 6.57. The zero-order valence-electron chi connectivity index (χ0n) is 16.8. The minimum absolute atomic E-state index is 0.103. The van der Waals surface area contributed by atoms with Gasteiger partial charge in [0.25, 0.3) is 5.91 Å². The molecule has 0 saturated carbocycles. The Bertz CT molecular complexity index is 940. The van der Waals surface area contributed by atoms with Crippen molar-refractivity contribution in [3.63, 3.8) is 0 Å². The predicted molar refractivity (Wildman–Crippen MR) is 116 cm³/mol. The van der Waals surface area contributed by atoms with Crippen LogP contribution < -0.4 is 20.9 Å². The van der Waals surface area contributed by atoms with E-state index in [-0.39, 0.29) is 5.91 Å². The molecule has 29 heavy (non-hydrogen) atoms. The van der Waals surface area contributed by atoms with Crippen LogP contribution in [0.3, 0.4) is 0 Å². The molecule has 1 amide bonds. The summed E-state index contributed by atoms with van der Waals surface area (Å²) in [6, 6.07) is 15.0. The summed E-state index contributed by atoms with van der Waals surface area (Å²) in [5.74, 6) is 1.87. The van der Waals surface area contributed by atoms with Crippen molar-refractivity contribution in [3.8, 4) is 0 Å². The molecule has 0 aliphatic carbocycles. The molecule has 0 atom stereocenters. The number of nitrogens with zero attached hydrogens (tertiary/aromatic N) is 4. The molecule has 0 aliphatic heterocycles. The second-order valence-electron chi connectivity index (χ2n) is 6.77. The van der Waals surface area contributed by atoms with Gasteiger partial charge in [0.05, 0.1) is 0 Å². The number of anilines is 4. The van der Waals surface area contributed by atoms with E-state index in [0.717, 1.165) is 17.1 Å². The summed E-state index contributed by atoms with van der Waals surface area (Å²) >= 11 is 0. The number of carbonyl (C=O) groups excluding carboxylic acids is 1. The maximum atomic E-state index is 12.2. The lowest BCUT2D eigenvalue weighted by molar-refractivity contribution is 0.0955. The van der Waals surface area contributed by atoms with Crippen molar-refractivity contribution in [1.82, 2.24) is 20.5 Å². The van der Waals surface area contributed by atoms with Crippen LogP contribution in [-0.2, 0) is 0 Å². The van der Waals surface area contributed by atoms with E-state index in [9.17, 15) is 4.79 Å². The lowest BCUT2D eigenvalue weighted by Crippen LogP contribution is -2.29. The first-order valence-electron chi connectivity index (χ1n) is 9.34. The van der Waals surface area contributed by atoms with Crippen molar-refractivity contribution < 1.29 is 4.79 Å². The second kappa shape index (κ2) is 9.50.